The summed E-state index contributed by atoms with van der Waals surface area (Å²) in [5, 5.41) is 68.3. The number of methoxy groups -OCH3 is 1. The van der Waals surface area contributed by atoms with E-state index in [1.54, 1.807) is 0 Å². The summed E-state index contributed by atoms with van der Waals surface area (Å²) >= 11 is 0. The Morgan fingerprint density at radius 2 is 1.77 bits per heavy atom. The van der Waals surface area contributed by atoms with Crippen molar-refractivity contribution in [1.82, 2.24) is 0 Å². The second-order valence-corrected chi connectivity index (χ2v) is 8.90. The zero-order chi connectivity index (χ0) is 29.6. The van der Waals surface area contributed by atoms with Crippen molar-refractivity contribution in [3.63, 3.8) is 0 Å². The number of benzene rings is 1. The maximum atomic E-state index is 12.7. The normalized spacial score (nSPS) is 29.3. The molecule has 1 saturated heterocycles. The first-order chi connectivity index (χ1) is 19.0. The van der Waals surface area contributed by atoms with Crippen LogP contribution in [0.4, 0.5) is 0 Å². The predicted octanol–water partition coefficient (Wildman–Crippen LogP) is -1.57. The average molecular weight is 571 g/mol. The summed E-state index contributed by atoms with van der Waals surface area (Å²) in [5.74, 6) is -5.33. The van der Waals surface area contributed by atoms with Gasteiger partial charge in [0.05, 0.1) is 38.6 Å². The first-order valence-corrected chi connectivity index (χ1v) is 12.0. The smallest absolute Gasteiger partial charge is 0.337 e. The van der Waals surface area contributed by atoms with Crippen LogP contribution in [0.1, 0.15) is 12.0 Å². The van der Waals surface area contributed by atoms with E-state index in [0.717, 1.165) is 19.4 Å². The lowest BCUT2D eigenvalue weighted by molar-refractivity contribution is -0.327. The number of esters is 2. The molecule has 2 aliphatic heterocycles. The van der Waals surface area contributed by atoms with Gasteiger partial charge in [-0.15, -0.1) is 0 Å². The van der Waals surface area contributed by atoms with E-state index in [1.807, 2.05) is 0 Å². The standard InChI is InChI=1S/C25H30O15/c1-36-23(35)14-10-38-24(40-25-22(34)21(33)20(32)17(9-26)39-25)13(12(14)7-18(29)30)8-19(31)37-5-4-11-2-3-15(27)16(28)6-11/h2-3,6,8,10,12,17,20-22,24-28,32-34H,4-5,7,9H2,1H3,(H,29,30)/b13-8-/t12-,17+,20+,21-,22+,24-,25-/m0/s1. The number of phenols is 2. The Morgan fingerprint density at radius 3 is 2.40 bits per heavy atom. The minimum Gasteiger partial charge on any atom is -0.504 e. The molecule has 40 heavy (non-hydrogen) atoms. The fourth-order valence-corrected chi connectivity index (χ4v) is 4.10. The van der Waals surface area contributed by atoms with Gasteiger partial charge in [0.1, 0.15) is 24.4 Å². The number of carboxylic acid groups (broad SMARTS) is 1. The number of hydrogen-bond donors (Lipinski definition) is 7. The number of aliphatic hydroxyl groups excluding tert-OH is 4. The monoisotopic (exact) mass is 570 g/mol. The van der Waals surface area contributed by atoms with E-state index in [1.165, 1.54) is 18.2 Å². The van der Waals surface area contributed by atoms with Crippen LogP contribution in [0.15, 0.2) is 41.7 Å². The molecule has 7 N–H and O–H groups in total. The lowest BCUT2D eigenvalue weighted by Gasteiger charge is -2.41. The first-order valence-electron chi connectivity index (χ1n) is 12.0. The molecular formula is C25H30O15. The van der Waals surface area contributed by atoms with Gasteiger partial charge < -0.3 is 59.4 Å². The zero-order valence-corrected chi connectivity index (χ0v) is 21.2. The minimum absolute atomic E-state index is 0.135. The van der Waals surface area contributed by atoms with E-state index in [-0.39, 0.29) is 35.7 Å². The van der Waals surface area contributed by atoms with Crippen molar-refractivity contribution >= 4 is 17.9 Å². The van der Waals surface area contributed by atoms with E-state index in [0.29, 0.717) is 5.56 Å². The van der Waals surface area contributed by atoms with Crippen molar-refractivity contribution in [3.05, 3.63) is 47.2 Å². The number of hydrogen-bond acceptors (Lipinski definition) is 14. The molecule has 0 radical (unpaired) electrons. The second-order valence-electron chi connectivity index (χ2n) is 8.90. The van der Waals surface area contributed by atoms with Gasteiger partial charge in [-0.1, -0.05) is 6.07 Å². The summed E-state index contributed by atoms with van der Waals surface area (Å²) < 4.78 is 26.2. The fourth-order valence-electron chi connectivity index (χ4n) is 4.10. The number of carbonyl (C=O) groups excluding carboxylic acids is 2. The number of aromatic hydroxyl groups is 2. The molecule has 1 aromatic carbocycles. The third kappa shape index (κ3) is 7.26. The molecule has 2 aliphatic rings. The highest BCUT2D eigenvalue weighted by atomic mass is 16.8. The molecule has 3 rings (SSSR count). The van der Waals surface area contributed by atoms with E-state index >= 15 is 0 Å². The van der Waals surface area contributed by atoms with E-state index in [4.69, 9.17) is 18.9 Å². The van der Waals surface area contributed by atoms with E-state index < -0.39 is 73.8 Å². The van der Waals surface area contributed by atoms with Crippen LogP contribution in [0.3, 0.4) is 0 Å². The Morgan fingerprint density at radius 1 is 1.05 bits per heavy atom. The van der Waals surface area contributed by atoms with E-state index in [2.05, 4.69) is 4.74 Å². The summed E-state index contributed by atoms with van der Waals surface area (Å²) in [7, 11) is 1.05. The van der Waals surface area contributed by atoms with Gasteiger partial charge in [-0.3, -0.25) is 4.79 Å². The average Bonchev–Trinajstić information content (AvgIpc) is 2.91. The van der Waals surface area contributed by atoms with Gasteiger partial charge in [0.15, 0.2) is 17.8 Å². The Balaban J connectivity index is 1.86. The second kappa shape index (κ2) is 13.6. The molecule has 0 saturated carbocycles. The summed E-state index contributed by atoms with van der Waals surface area (Å²) in [5.41, 5.74) is 0.0342. The lowest BCUT2D eigenvalue weighted by atomic mass is 9.86. The molecule has 0 spiro atoms. The zero-order valence-electron chi connectivity index (χ0n) is 21.2. The fraction of sp³-hybridized carbons (Fsp3) is 0.480. The SMILES string of the molecule is COC(=O)C1=CO[C@@H](O[C@@H]2O[C@H](CO)[C@@H](O)[C@H](O)[C@H]2O)/C(=C\C(=O)OCCc2ccc(O)c(O)c2)[C@@H]1CC(=O)O. The molecule has 1 aromatic rings. The molecule has 0 aliphatic carbocycles. The van der Waals surface area contributed by atoms with Gasteiger partial charge in [0, 0.05) is 24.0 Å². The number of aliphatic hydroxyl groups is 4. The van der Waals surface area contributed by atoms with Crippen molar-refractivity contribution in [2.75, 3.05) is 20.3 Å². The molecule has 15 nitrogen and oxygen atoms in total. The quantitative estimate of drug-likeness (QED) is 0.0955. The molecule has 0 amide bonds. The molecule has 15 heteroatoms. The van der Waals surface area contributed by atoms with Gasteiger partial charge in [0.2, 0.25) is 6.29 Å². The summed E-state index contributed by atoms with van der Waals surface area (Å²) in [6, 6.07) is 4.03. The van der Waals surface area contributed by atoms with Crippen molar-refractivity contribution in [3.8, 4) is 11.5 Å². The van der Waals surface area contributed by atoms with Crippen LogP contribution in [-0.4, -0.2) is 111 Å². The van der Waals surface area contributed by atoms with E-state index in [9.17, 15) is 50.1 Å². The third-order valence-electron chi connectivity index (χ3n) is 6.23. The van der Waals surface area contributed by atoms with Crippen molar-refractivity contribution in [1.29, 1.82) is 0 Å². The molecule has 220 valence electrons. The highest BCUT2D eigenvalue weighted by Crippen LogP contribution is 2.36. The maximum absolute atomic E-state index is 12.7. The van der Waals surface area contributed by atoms with Gasteiger partial charge in [0.25, 0.3) is 0 Å². The van der Waals surface area contributed by atoms with Gasteiger partial charge in [-0.2, -0.15) is 0 Å². The molecular weight excluding hydrogens is 540 g/mol. The van der Waals surface area contributed by atoms with Gasteiger partial charge >= 0.3 is 17.9 Å². The molecule has 7 atom stereocenters. The number of ether oxygens (including phenoxy) is 5. The number of phenolic OH excluding ortho intramolecular Hbond substituents is 2. The summed E-state index contributed by atoms with van der Waals surface area (Å²) in [6.07, 6.45) is -8.91. The number of carboxylic acids is 1. The number of rotatable bonds is 10. The third-order valence-corrected chi connectivity index (χ3v) is 6.23. The van der Waals surface area contributed by atoms with Crippen LogP contribution < -0.4 is 0 Å². The topological polar surface area (TPSA) is 239 Å². The largest absolute Gasteiger partial charge is 0.504 e. The number of aliphatic carboxylic acids is 1. The molecule has 0 bridgehead atoms. The predicted molar refractivity (Wildman–Crippen MR) is 128 cm³/mol. The van der Waals surface area contributed by atoms with Crippen LogP contribution in [0.5, 0.6) is 11.5 Å². The van der Waals surface area contributed by atoms with Crippen LogP contribution in [0.25, 0.3) is 0 Å². The van der Waals surface area contributed by atoms with Crippen LogP contribution in [0.2, 0.25) is 0 Å². The molecule has 2 heterocycles. The summed E-state index contributed by atoms with van der Waals surface area (Å²) in [6.45, 7) is -0.951. The lowest BCUT2D eigenvalue weighted by Crippen LogP contribution is -2.60. The van der Waals surface area contributed by atoms with Crippen LogP contribution in [0, 0.1) is 5.92 Å². The Kier molecular flexibility index (Phi) is 10.4. The Labute approximate surface area is 227 Å². The van der Waals surface area contributed by atoms with Gasteiger partial charge in [-0.25, -0.2) is 9.59 Å². The van der Waals surface area contributed by atoms with Gasteiger partial charge in [-0.05, 0) is 17.7 Å². The maximum Gasteiger partial charge on any atom is 0.337 e. The molecule has 0 aromatic heterocycles. The Bertz CT molecular complexity index is 1140. The van der Waals surface area contributed by atoms with Crippen molar-refractivity contribution in [2.24, 2.45) is 5.92 Å². The highest BCUT2D eigenvalue weighted by molar-refractivity contribution is 5.91. The van der Waals surface area contributed by atoms with Crippen molar-refractivity contribution < 1.29 is 73.8 Å². The summed E-state index contributed by atoms with van der Waals surface area (Å²) in [4.78, 5) is 36.7. The minimum atomic E-state index is -1.85. The Hall–Kier alpha value is -3.73. The number of carbonyl (C=O) groups is 3. The molecule has 0 unspecified atom stereocenters. The highest BCUT2D eigenvalue weighted by Gasteiger charge is 2.47. The van der Waals surface area contributed by atoms with Crippen LogP contribution >= 0.6 is 0 Å². The first kappa shape index (κ1) is 30.8. The molecule has 1 fully saturated rings. The van der Waals surface area contributed by atoms with Crippen molar-refractivity contribution in [2.45, 2.75) is 49.8 Å². The van der Waals surface area contributed by atoms with Crippen LogP contribution in [-0.2, 0) is 44.5 Å².